The van der Waals surface area contributed by atoms with Gasteiger partial charge in [-0.2, -0.15) is 0 Å². The minimum Gasteiger partial charge on any atom is -0.409 e. The van der Waals surface area contributed by atoms with E-state index in [1.165, 1.54) is 24.0 Å². The van der Waals surface area contributed by atoms with Gasteiger partial charge >= 0.3 is 7.82 Å². The number of phosphoric ester groups is 1. The lowest BCUT2D eigenvalue weighted by molar-refractivity contribution is 0.145. The molecule has 0 amide bonds. The molecule has 0 saturated heterocycles. The Labute approximate surface area is 141 Å². The molecular weight excluding hydrogens is 311 g/mol. The van der Waals surface area contributed by atoms with Crippen molar-refractivity contribution in [1.29, 1.82) is 0 Å². The largest absolute Gasteiger partial charge is 0.529 e. The minimum atomic E-state index is -3.50. The van der Waals surface area contributed by atoms with Crippen molar-refractivity contribution in [2.75, 3.05) is 13.2 Å². The summed E-state index contributed by atoms with van der Waals surface area (Å²) in [5, 5.41) is 0. The molecule has 0 saturated carbocycles. The summed E-state index contributed by atoms with van der Waals surface area (Å²) in [5.74, 6) is 0.825. The molecule has 0 aromatic rings. The van der Waals surface area contributed by atoms with Crippen LogP contribution in [0.15, 0.2) is 23.0 Å². The van der Waals surface area contributed by atoms with Crippen molar-refractivity contribution in [2.24, 2.45) is 11.3 Å². The Kier molecular flexibility index (Phi) is 7.57. The van der Waals surface area contributed by atoms with Gasteiger partial charge < -0.3 is 4.52 Å². The molecule has 134 valence electrons. The van der Waals surface area contributed by atoms with Crippen molar-refractivity contribution >= 4 is 7.82 Å². The summed E-state index contributed by atoms with van der Waals surface area (Å²) in [6.07, 6.45) is 5.64. The van der Waals surface area contributed by atoms with Gasteiger partial charge in [0.25, 0.3) is 0 Å². The van der Waals surface area contributed by atoms with Gasteiger partial charge in [-0.15, -0.1) is 0 Å². The molecule has 1 atom stereocenters. The molecule has 1 aliphatic rings. The Hall–Kier alpha value is -0.570. The van der Waals surface area contributed by atoms with Crippen molar-refractivity contribution in [3.05, 3.63) is 23.0 Å². The average molecular weight is 344 g/mol. The van der Waals surface area contributed by atoms with Crippen molar-refractivity contribution in [3.63, 3.8) is 0 Å². The molecule has 0 spiro atoms. The van der Waals surface area contributed by atoms with Gasteiger partial charge in [0.05, 0.1) is 13.2 Å². The molecule has 4 nitrogen and oxygen atoms in total. The lowest BCUT2D eigenvalue weighted by Crippen LogP contribution is -2.24. The maximum absolute atomic E-state index is 12.5. The van der Waals surface area contributed by atoms with Crippen LogP contribution in [-0.2, 0) is 18.1 Å². The summed E-state index contributed by atoms with van der Waals surface area (Å²) < 4.78 is 28.4. The van der Waals surface area contributed by atoms with Gasteiger partial charge in [0.15, 0.2) is 0 Å². The maximum atomic E-state index is 12.5. The zero-order chi connectivity index (χ0) is 17.7. The number of rotatable bonds is 8. The molecule has 0 aliphatic heterocycles. The average Bonchev–Trinajstić information content (AvgIpc) is 2.36. The monoisotopic (exact) mass is 344 g/mol. The predicted molar refractivity (Wildman–Crippen MR) is 95.2 cm³/mol. The van der Waals surface area contributed by atoms with Crippen LogP contribution in [0.5, 0.6) is 0 Å². The Morgan fingerprint density at radius 2 is 1.87 bits per heavy atom. The first-order valence-corrected chi connectivity index (χ1v) is 10.1. The highest BCUT2D eigenvalue weighted by atomic mass is 31.2. The summed E-state index contributed by atoms with van der Waals surface area (Å²) in [7, 11) is -3.50. The first-order chi connectivity index (χ1) is 10.6. The molecule has 0 fully saturated rings. The van der Waals surface area contributed by atoms with Gasteiger partial charge in [0.1, 0.15) is 5.76 Å². The highest BCUT2D eigenvalue weighted by molar-refractivity contribution is 7.48. The SMILES string of the molecule is CCOP(=O)(OCC)O/C(C)=C/C(C)C1=C(C)CCCC1(C)C. The third-order valence-electron chi connectivity index (χ3n) is 4.31. The van der Waals surface area contributed by atoms with E-state index in [4.69, 9.17) is 13.6 Å². The van der Waals surface area contributed by atoms with Gasteiger partial charge in [-0.25, -0.2) is 4.57 Å². The first-order valence-electron chi connectivity index (χ1n) is 8.62. The predicted octanol–water partition coefficient (Wildman–Crippen LogP) is 6.25. The van der Waals surface area contributed by atoms with Crippen LogP contribution in [-0.4, -0.2) is 13.2 Å². The van der Waals surface area contributed by atoms with Crippen LogP contribution in [0.2, 0.25) is 0 Å². The lowest BCUT2D eigenvalue weighted by atomic mass is 9.68. The van der Waals surface area contributed by atoms with E-state index >= 15 is 0 Å². The molecule has 1 aliphatic carbocycles. The zero-order valence-electron chi connectivity index (χ0n) is 15.8. The second-order valence-corrected chi connectivity index (χ2v) is 8.46. The number of hydrogen-bond donors (Lipinski definition) is 0. The Bertz CT molecular complexity index is 495. The fourth-order valence-corrected chi connectivity index (χ4v) is 4.92. The van der Waals surface area contributed by atoms with Crippen LogP contribution < -0.4 is 0 Å². The standard InChI is InChI=1S/C18H33O4P/c1-8-20-23(19,21-9-2)22-16(5)13-15(4)17-14(3)11-10-12-18(17,6)7/h13,15H,8-12H2,1-7H3/b16-13+. The van der Waals surface area contributed by atoms with Crippen molar-refractivity contribution in [3.8, 4) is 0 Å². The third kappa shape index (κ3) is 5.77. The van der Waals surface area contributed by atoms with E-state index < -0.39 is 7.82 Å². The molecule has 5 heteroatoms. The molecular formula is C18H33O4P. The third-order valence-corrected chi connectivity index (χ3v) is 5.97. The van der Waals surface area contributed by atoms with Gasteiger partial charge in [-0.05, 0) is 64.4 Å². The van der Waals surface area contributed by atoms with Crippen LogP contribution >= 0.6 is 7.82 Å². The molecule has 1 unspecified atom stereocenters. The van der Waals surface area contributed by atoms with E-state index in [1.54, 1.807) is 13.8 Å². The van der Waals surface area contributed by atoms with Crippen molar-refractivity contribution in [2.45, 2.75) is 67.7 Å². The molecule has 0 bridgehead atoms. The molecule has 1 rings (SSSR count). The Morgan fingerprint density at radius 1 is 1.30 bits per heavy atom. The molecule has 0 aromatic heterocycles. The maximum Gasteiger partial charge on any atom is 0.529 e. The molecule has 0 N–H and O–H groups in total. The molecule has 0 heterocycles. The second kappa shape index (κ2) is 8.50. The number of phosphoric acid groups is 1. The Balaban J connectivity index is 2.94. The summed E-state index contributed by atoms with van der Waals surface area (Å²) in [5.41, 5.74) is 3.13. The molecule has 0 radical (unpaired) electrons. The number of allylic oxidation sites excluding steroid dienone is 4. The van der Waals surface area contributed by atoms with Gasteiger partial charge in [-0.3, -0.25) is 9.05 Å². The molecule has 23 heavy (non-hydrogen) atoms. The van der Waals surface area contributed by atoms with Crippen molar-refractivity contribution < 1.29 is 18.1 Å². The van der Waals surface area contributed by atoms with E-state index in [2.05, 4.69) is 27.7 Å². The van der Waals surface area contributed by atoms with E-state index in [0.717, 1.165) is 6.42 Å². The first kappa shape index (κ1) is 20.5. The van der Waals surface area contributed by atoms with E-state index in [-0.39, 0.29) is 24.5 Å². The second-order valence-electron chi connectivity index (χ2n) is 6.87. The van der Waals surface area contributed by atoms with Crippen LogP contribution in [0.1, 0.15) is 67.7 Å². The topological polar surface area (TPSA) is 44.8 Å². The fourth-order valence-electron chi connectivity index (χ4n) is 3.70. The summed E-state index contributed by atoms with van der Waals surface area (Å²) >= 11 is 0. The summed E-state index contributed by atoms with van der Waals surface area (Å²) in [6.45, 7) is 14.9. The Morgan fingerprint density at radius 3 is 2.35 bits per heavy atom. The van der Waals surface area contributed by atoms with Crippen LogP contribution in [0, 0.1) is 11.3 Å². The van der Waals surface area contributed by atoms with Crippen molar-refractivity contribution in [1.82, 2.24) is 0 Å². The fraction of sp³-hybridized carbons (Fsp3) is 0.778. The summed E-state index contributed by atoms with van der Waals surface area (Å²) in [4.78, 5) is 0. The van der Waals surface area contributed by atoms with E-state index in [1.807, 2.05) is 13.0 Å². The minimum absolute atomic E-state index is 0.196. The van der Waals surface area contributed by atoms with E-state index in [0.29, 0.717) is 5.76 Å². The normalized spacial score (nSPS) is 20.6. The smallest absolute Gasteiger partial charge is 0.409 e. The van der Waals surface area contributed by atoms with E-state index in [9.17, 15) is 4.57 Å². The van der Waals surface area contributed by atoms with Gasteiger partial charge in [-0.1, -0.05) is 31.9 Å². The highest BCUT2D eigenvalue weighted by Crippen LogP contribution is 2.51. The van der Waals surface area contributed by atoms with Crippen LogP contribution in [0.3, 0.4) is 0 Å². The lowest BCUT2D eigenvalue weighted by Gasteiger charge is -2.37. The number of hydrogen-bond acceptors (Lipinski definition) is 4. The van der Waals surface area contributed by atoms with Gasteiger partial charge in [0.2, 0.25) is 0 Å². The quantitative estimate of drug-likeness (QED) is 0.296. The van der Waals surface area contributed by atoms with Gasteiger partial charge in [0, 0.05) is 0 Å². The van der Waals surface area contributed by atoms with Crippen LogP contribution in [0.4, 0.5) is 0 Å². The zero-order valence-corrected chi connectivity index (χ0v) is 16.7. The molecule has 0 aromatic carbocycles. The summed E-state index contributed by atoms with van der Waals surface area (Å²) in [6, 6.07) is 0. The highest BCUT2D eigenvalue weighted by Gasteiger charge is 2.32. The van der Waals surface area contributed by atoms with Crippen LogP contribution in [0.25, 0.3) is 0 Å².